The molecule has 98 valence electrons. The molecule has 0 saturated heterocycles. The third kappa shape index (κ3) is 3.60. The van der Waals surface area contributed by atoms with E-state index in [9.17, 15) is 5.11 Å². The number of hydrogen-bond acceptors (Lipinski definition) is 2. The highest BCUT2D eigenvalue weighted by Gasteiger charge is 2.31. The molecule has 0 aromatic rings. The molecule has 0 aliphatic heterocycles. The largest absolute Gasteiger partial charge is 0.388 e. The molecule has 2 saturated carbocycles. The number of nitrogens with zero attached hydrogens (tertiary/aromatic N) is 1. The quantitative estimate of drug-likeness (QED) is 0.511. The number of hydrogen-bond donors (Lipinski definition) is 3. The van der Waals surface area contributed by atoms with Gasteiger partial charge in [-0.2, -0.15) is 0 Å². The van der Waals surface area contributed by atoms with E-state index in [0.29, 0.717) is 6.54 Å². The van der Waals surface area contributed by atoms with Gasteiger partial charge in [0.15, 0.2) is 5.96 Å². The van der Waals surface area contributed by atoms with Gasteiger partial charge in [-0.05, 0) is 31.6 Å². The highest BCUT2D eigenvalue weighted by Crippen LogP contribution is 2.28. The number of guanidine groups is 1. The van der Waals surface area contributed by atoms with Crippen LogP contribution in [0.4, 0.5) is 0 Å². The van der Waals surface area contributed by atoms with Crippen LogP contribution in [-0.4, -0.2) is 36.8 Å². The van der Waals surface area contributed by atoms with Crippen LogP contribution in [0.5, 0.6) is 0 Å². The van der Waals surface area contributed by atoms with E-state index in [1.807, 2.05) is 0 Å². The predicted molar refractivity (Wildman–Crippen MR) is 70.1 cm³/mol. The maximum atomic E-state index is 10.2. The lowest BCUT2D eigenvalue weighted by Gasteiger charge is -2.28. The molecule has 17 heavy (non-hydrogen) atoms. The zero-order valence-electron chi connectivity index (χ0n) is 10.8. The van der Waals surface area contributed by atoms with Gasteiger partial charge in [0.1, 0.15) is 0 Å². The van der Waals surface area contributed by atoms with Gasteiger partial charge in [-0.3, -0.25) is 4.99 Å². The van der Waals surface area contributed by atoms with Crippen molar-refractivity contribution < 1.29 is 5.11 Å². The van der Waals surface area contributed by atoms with Gasteiger partial charge in [-0.15, -0.1) is 0 Å². The van der Waals surface area contributed by atoms with Crippen LogP contribution in [0, 0.1) is 5.92 Å². The van der Waals surface area contributed by atoms with Crippen molar-refractivity contribution in [1.29, 1.82) is 0 Å². The van der Waals surface area contributed by atoms with Crippen LogP contribution in [-0.2, 0) is 0 Å². The van der Waals surface area contributed by atoms with Crippen molar-refractivity contribution >= 4 is 5.96 Å². The lowest BCUT2D eigenvalue weighted by Crippen LogP contribution is -2.47. The Morgan fingerprint density at radius 3 is 2.47 bits per heavy atom. The van der Waals surface area contributed by atoms with Gasteiger partial charge in [-0.25, -0.2) is 0 Å². The summed E-state index contributed by atoms with van der Waals surface area (Å²) >= 11 is 0. The average molecular weight is 239 g/mol. The van der Waals surface area contributed by atoms with Gasteiger partial charge < -0.3 is 15.7 Å². The first-order valence-corrected chi connectivity index (χ1v) is 6.89. The molecule has 0 heterocycles. The lowest BCUT2D eigenvalue weighted by atomic mass is 9.85. The molecule has 2 rings (SSSR count). The van der Waals surface area contributed by atoms with E-state index < -0.39 is 5.60 Å². The molecule has 0 aromatic carbocycles. The maximum absolute atomic E-state index is 10.2. The van der Waals surface area contributed by atoms with Gasteiger partial charge >= 0.3 is 0 Å². The molecule has 2 fully saturated rings. The predicted octanol–water partition coefficient (Wildman–Crippen LogP) is 1.26. The Kier molecular flexibility index (Phi) is 4.26. The van der Waals surface area contributed by atoms with Crippen molar-refractivity contribution in [1.82, 2.24) is 10.6 Å². The van der Waals surface area contributed by atoms with Crippen LogP contribution in [0.25, 0.3) is 0 Å². The molecule has 0 amide bonds. The Labute approximate surface area is 104 Å². The van der Waals surface area contributed by atoms with Gasteiger partial charge in [0.05, 0.1) is 5.60 Å². The number of aliphatic hydroxyl groups is 1. The summed E-state index contributed by atoms with van der Waals surface area (Å²) in [5.74, 6) is 1.65. The SMILES string of the molecule is CN=C(NCC1CCC1)NCC1(O)CCCC1. The summed E-state index contributed by atoms with van der Waals surface area (Å²) < 4.78 is 0. The van der Waals surface area contributed by atoms with E-state index in [2.05, 4.69) is 15.6 Å². The number of aliphatic imine (C=N–C) groups is 1. The summed E-state index contributed by atoms with van der Waals surface area (Å²) in [6.07, 6.45) is 8.18. The van der Waals surface area contributed by atoms with Crippen molar-refractivity contribution in [2.75, 3.05) is 20.1 Å². The fourth-order valence-corrected chi connectivity index (χ4v) is 2.62. The highest BCUT2D eigenvalue weighted by atomic mass is 16.3. The monoisotopic (exact) mass is 239 g/mol. The summed E-state index contributed by atoms with van der Waals surface area (Å²) in [5.41, 5.74) is -0.506. The molecule has 0 unspecified atom stereocenters. The first-order valence-electron chi connectivity index (χ1n) is 6.89. The van der Waals surface area contributed by atoms with Crippen LogP contribution in [0.3, 0.4) is 0 Å². The standard InChI is InChI=1S/C13H25N3O/c1-14-12(15-9-11-5-4-6-11)16-10-13(17)7-2-3-8-13/h11,17H,2-10H2,1H3,(H2,14,15,16). The smallest absolute Gasteiger partial charge is 0.191 e. The zero-order chi connectivity index (χ0) is 12.1. The number of rotatable bonds is 4. The first kappa shape index (κ1) is 12.7. The summed E-state index contributed by atoms with van der Waals surface area (Å²) in [6.45, 7) is 1.63. The summed E-state index contributed by atoms with van der Waals surface area (Å²) in [4.78, 5) is 4.19. The summed E-state index contributed by atoms with van der Waals surface area (Å²) in [5, 5.41) is 16.8. The molecule has 0 radical (unpaired) electrons. The van der Waals surface area contributed by atoms with Crippen LogP contribution in [0.1, 0.15) is 44.9 Å². The Morgan fingerprint density at radius 2 is 1.94 bits per heavy atom. The van der Waals surface area contributed by atoms with Crippen molar-refractivity contribution in [2.45, 2.75) is 50.5 Å². The van der Waals surface area contributed by atoms with Crippen LogP contribution in [0.2, 0.25) is 0 Å². The molecule has 4 heteroatoms. The van der Waals surface area contributed by atoms with E-state index in [4.69, 9.17) is 0 Å². The maximum Gasteiger partial charge on any atom is 0.191 e. The second-order valence-electron chi connectivity index (χ2n) is 5.54. The van der Waals surface area contributed by atoms with Gasteiger partial charge in [0.25, 0.3) is 0 Å². The third-order valence-corrected chi connectivity index (χ3v) is 4.13. The third-order valence-electron chi connectivity index (χ3n) is 4.13. The minimum absolute atomic E-state index is 0.506. The highest BCUT2D eigenvalue weighted by molar-refractivity contribution is 5.79. The number of nitrogens with one attached hydrogen (secondary N) is 2. The second-order valence-corrected chi connectivity index (χ2v) is 5.54. The fourth-order valence-electron chi connectivity index (χ4n) is 2.62. The van der Waals surface area contributed by atoms with E-state index >= 15 is 0 Å². The zero-order valence-corrected chi connectivity index (χ0v) is 10.8. The summed E-state index contributed by atoms with van der Waals surface area (Å²) in [6, 6.07) is 0. The Balaban J connectivity index is 1.67. The summed E-state index contributed by atoms with van der Waals surface area (Å²) in [7, 11) is 1.79. The van der Waals surface area contributed by atoms with Gasteiger partial charge in [0, 0.05) is 20.1 Å². The topological polar surface area (TPSA) is 56.7 Å². The van der Waals surface area contributed by atoms with Crippen molar-refractivity contribution in [3.63, 3.8) is 0 Å². The Hall–Kier alpha value is -0.770. The normalized spacial score (nSPS) is 24.5. The Bertz CT molecular complexity index is 268. The van der Waals surface area contributed by atoms with Crippen LogP contribution in [0.15, 0.2) is 4.99 Å². The molecule has 0 bridgehead atoms. The molecule has 2 aliphatic carbocycles. The van der Waals surface area contributed by atoms with Crippen molar-refractivity contribution in [3.8, 4) is 0 Å². The van der Waals surface area contributed by atoms with Crippen LogP contribution < -0.4 is 10.6 Å². The minimum atomic E-state index is -0.506. The van der Waals surface area contributed by atoms with E-state index in [1.54, 1.807) is 7.05 Å². The molecular formula is C13H25N3O. The van der Waals surface area contributed by atoms with E-state index in [-0.39, 0.29) is 0 Å². The van der Waals surface area contributed by atoms with Crippen LogP contribution >= 0.6 is 0 Å². The average Bonchev–Trinajstić information content (AvgIpc) is 2.68. The molecular weight excluding hydrogens is 214 g/mol. The fraction of sp³-hybridized carbons (Fsp3) is 0.923. The van der Waals surface area contributed by atoms with E-state index in [1.165, 1.54) is 19.3 Å². The van der Waals surface area contributed by atoms with Crippen molar-refractivity contribution in [3.05, 3.63) is 0 Å². The van der Waals surface area contributed by atoms with Gasteiger partial charge in [-0.1, -0.05) is 19.3 Å². The minimum Gasteiger partial charge on any atom is -0.388 e. The van der Waals surface area contributed by atoms with E-state index in [0.717, 1.165) is 44.1 Å². The first-order chi connectivity index (χ1) is 8.22. The lowest BCUT2D eigenvalue weighted by molar-refractivity contribution is 0.0521. The molecule has 0 aromatic heterocycles. The molecule has 0 atom stereocenters. The molecule has 0 spiro atoms. The molecule has 4 nitrogen and oxygen atoms in total. The van der Waals surface area contributed by atoms with Crippen molar-refractivity contribution in [2.24, 2.45) is 10.9 Å². The Morgan fingerprint density at radius 1 is 1.24 bits per heavy atom. The molecule has 2 aliphatic rings. The second kappa shape index (κ2) is 5.71. The van der Waals surface area contributed by atoms with Gasteiger partial charge in [0.2, 0.25) is 0 Å². The molecule has 3 N–H and O–H groups in total.